The standard InChI is InChI=1S/C11H11ClN2O3/c1-17-3-2-7-5-13-10-9(15)4-8(12)6-14(10)11(7)16/h4-6,15H,2-3H2,1H3. The minimum Gasteiger partial charge on any atom is -0.504 e. The molecule has 0 aliphatic carbocycles. The first-order valence-corrected chi connectivity index (χ1v) is 5.39. The van der Waals surface area contributed by atoms with E-state index in [1.165, 1.54) is 22.9 Å². The summed E-state index contributed by atoms with van der Waals surface area (Å²) in [6, 6.07) is 1.35. The number of hydrogen-bond donors (Lipinski definition) is 1. The molecular formula is C11H11ClN2O3. The largest absolute Gasteiger partial charge is 0.504 e. The van der Waals surface area contributed by atoms with Crippen LogP contribution in [-0.2, 0) is 11.2 Å². The van der Waals surface area contributed by atoms with Gasteiger partial charge in [-0.15, -0.1) is 0 Å². The van der Waals surface area contributed by atoms with Crippen molar-refractivity contribution in [3.8, 4) is 5.75 Å². The number of hydrogen-bond acceptors (Lipinski definition) is 4. The molecule has 0 saturated heterocycles. The number of aromatic nitrogens is 2. The average molecular weight is 255 g/mol. The molecule has 0 fully saturated rings. The number of halogens is 1. The van der Waals surface area contributed by atoms with Crippen LogP contribution in [0.5, 0.6) is 5.75 Å². The topological polar surface area (TPSA) is 63.8 Å². The average Bonchev–Trinajstić information content (AvgIpc) is 2.29. The molecule has 2 aromatic rings. The third-order valence-electron chi connectivity index (χ3n) is 2.40. The molecule has 17 heavy (non-hydrogen) atoms. The van der Waals surface area contributed by atoms with Gasteiger partial charge in [-0.05, 0) is 0 Å². The molecule has 0 bridgehead atoms. The van der Waals surface area contributed by atoms with Gasteiger partial charge in [-0.2, -0.15) is 0 Å². The monoisotopic (exact) mass is 254 g/mol. The lowest BCUT2D eigenvalue weighted by Crippen LogP contribution is -2.20. The fourth-order valence-corrected chi connectivity index (χ4v) is 1.76. The summed E-state index contributed by atoms with van der Waals surface area (Å²) in [7, 11) is 1.56. The predicted molar refractivity (Wildman–Crippen MR) is 63.7 cm³/mol. The zero-order valence-electron chi connectivity index (χ0n) is 9.18. The summed E-state index contributed by atoms with van der Waals surface area (Å²) in [5, 5.41) is 9.89. The fourth-order valence-electron chi connectivity index (χ4n) is 1.56. The molecule has 0 aliphatic heterocycles. The van der Waals surface area contributed by atoms with E-state index in [9.17, 15) is 9.90 Å². The maximum absolute atomic E-state index is 12.0. The first-order valence-electron chi connectivity index (χ1n) is 5.01. The molecule has 1 N–H and O–H groups in total. The van der Waals surface area contributed by atoms with Crippen molar-refractivity contribution in [2.24, 2.45) is 0 Å². The van der Waals surface area contributed by atoms with Crippen molar-refractivity contribution in [1.29, 1.82) is 0 Å². The molecule has 0 aliphatic rings. The first-order chi connectivity index (χ1) is 8.13. The number of nitrogens with zero attached hydrogens (tertiary/aromatic N) is 2. The Morgan fingerprint density at radius 1 is 1.59 bits per heavy atom. The summed E-state index contributed by atoms with van der Waals surface area (Å²) in [5.41, 5.74) is 0.469. The van der Waals surface area contributed by atoms with Crippen molar-refractivity contribution < 1.29 is 9.84 Å². The molecule has 6 heteroatoms. The van der Waals surface area contributed by atoms with Gasteiger partial charge in [0.05, 0.1) is 11.6 Å². The maximum atomic E-state index is 12.0. The van der Waals surface area contributed by atoms with Crippen molar-refractivity contribution in [2.75, 3.05) is 13.7 Å². The van der Waals surface area contributed by atoms with Crippen LogP contribution in [0.3, 0.4) is 0 Å². The van der Waals surface area contributed by atoms with Gasteiger partial charge < -0.3 is 9.84 Å². The second-order valence-electron chi connectivity index (χ2n) is 3.57. The van der Waals surface area contributed by atoms with Gasteiger partial charge in [0, 0.05) is 37.6 Å². The Kier molecular flexibility index (Phi) is 3.31. The van der Waals surface area contributed by atoms with Crippen LogP contribution < -0.4 is 5.56 Å². The summed E-state index contributed by atoms with van der Waals surface area (Å²) in [6.07, 6.45) is 3.35. The quantitative estimate of drug-likeness (QED) is 0.895. The molecule has 2 rings (SSSR count). The van der Waals surface area contributed by atoms with Crippen LogP contribution in [-0.4, -0.2) is 28.2 Å². The van der Waals surface area contributed by atoms with E-state index < -0.39 is 0 Å². The molecule has 0 unspecified atom stereocenters. The van der Waals surface area contributed by atoms with Crippen molar-refractivity contribution >= 4 is 17.2 Å². The van der Waals surface area contributed by atoms with Gasteiger partial charge in [-0.1, -0.05) is 11.6 Å². The highest BCUT2D eigenvalue weighted by Gasteiger charge is 2.08. The second-order valence-corrected chi connectivity index (χ2v) is 4.00. The predicted octanol–water partition coefficient (Wildman–Crippen LogP) is 1.24. The normalized spacial score (nSPS) is 10.9. The molecule has 0 radical (unpaired) electrons. The molecule has 5 nitrogen and oxygen atoms in total. The first kappa shape index (κ1) is 11.9. The van der Waals surface area contributed by atoms with Gasteiger partial charge in [0.1, 0.15) is 0 Å². The Morgan fingerprint density at radius 3 is 3.06 bits per heavy atom. The number of ether oxygens (including phenoxy) is 1. The number of pyridine rings is 1. The molecule has 0 atom stereocenters. The Hall–Kier alpha value is -1.59. The van der Waals surface area contributed by atoms with Crippen LogP contribution in [0.25, 0.3) is 5.65 Å². The zero-order chi connectivity index (χ0) is 12.4. The minimum atomic E-state index is -0.246. The van der Waals surface area contributed by atoms with Gasteiger partial charge in [-0.25, -0.2) is 4.98 Å². The summed E-state index contributed by atoms with van der Waals surface area (Å²) < 4.78 is 6.15. The SMILES string of the molecule is COCCc1cnc2c(O)cc(Cl)cn2c1=O. The van der Waals surface area contributed by atoms with E-state index in [1.807, 2.05) is 0 Å². The lowest BCUT2D eigenvalue weighted by Gasteiger charge is -2.05. The van der Waals surface area contributed by atoms with E-state index in [-0.39, 0.29) is 22.0 Å². The molecular weight excluding hydrogens is 244 g/mol. The van der Waals surface area contributed by atoms with Crippen molar-refractivity contribution in [2.45, 2.75) is 6.42 Å². The van der Waals surface area contributed by atoms with E-state index in [1.54, 1.807) is 7.11 Å². The highest BCUT2D eigenvalue weighted by atomic mass is 35.5. The van der Waals surface area contributed by atoms with E-state index in [4.69, 9.17) is 16.3 Å². The Balaban J connectivity index is 2.62. The highest BCUT2D eigenvalue weighted by molar-refractivity contribution is 6.30. The summed E-state index contributed by atoms with van der Waals surface area (Å²) in [4.78, 5) is 16.1. The lowest BCUT2D eigenvalue weighted by molar-refractivity contribution is 0.202. The number of methoxy groups -OCH3 is 1. The van der Waals surface area contributed by atoms with Gasteiger partial charge in [0.25, 0.3) is 5.56 Å². The van der Waals surface area contributed by atoms with Gasteiger partial charge in [0.2, 0.25) is 0 Å². The third-order valence-corrected chi connectivity index (χ3v) is 2.60. The highest BCUT2D eigenvalue weighted by Crippen LogP contribution is 2.19. The lowest BCUT2D eigenvalue weighted by atomic mass is 10.2. The molecule has 0 saturated carbocycles. The van der Waals surface area contributed by atoms with Gasteiger partial charge in [-0.3, -0.25) is 9.20 Å². The maximum Gasteiger partial charge on any atom is 0.261 e. The van der Waals surface area contributed by atoms with Gasteiger partial charge >= 0.3 is 0 Å². The Labute approximate surface area is 102 Å². The molecule has 2 heterocycles. The molecule has 90 valence electrons. The van der Waals surface area contributed by atoms with Crippen molar-refractivity contribution in [1.82, 2.24) is 9.38 Å². The number of aromatic hydroxyl groups is 1. The van der Waals surface area contributed by atoms with Crippen molar-refractivity contribution in [3.63, 3.8) is 0 Å². The summed E-state index contributed by atoms with van der Waals surface area (Å²) in [5.74, 6) is -0.118. The summed E-state index contributed by atoms with van der Waals surface area (Å²) in [6.45, 7) is 0.440. The molecule has 0 aromatic carbocycles. The van der Waals surface area contributed by atoms with E-state index in [0.29, 0.717) is 18.6 Å². The Morgan fingerprint density at radius 2 is 2.35 bits per heavy atom. The smallest absolute Gasteiger partial charge is 0.261 e. The van der Waals surface area contributed by atoms with Crippen LogP contribution in [0.1, 0.15) is 5.56 Å². The van der Waals surface area contributed by atoms with E-state index >= 15 is 0 Å². The van der Waals surface area contributed by atoms with Crippen LogP contribution in [0.4, 0.5) is 0 Å². The van der Waals surface area contributed by atoms with Gasteiger partial charge in [0.15, 0.2) is 11.4 Å². The van der Waals surface area contributed by atoms with Crippen molar-refractivity contribution in [3.05, 3.63) is 39.4 Å². The van der Waals surface area contributed by atoms with Crippen LogP contribution in [0, 0.1) is 0 Å². The minimum absolute atomic E-state index is 0.118. The second kappa shape index (κ2) is 4.73. The fraction of sp³-hybridized carbons (Fsp3) is 0.273. The zero-order valence-corrected chi connectivity index (χ0v) is 9.94. The number of fused-ring (bicyclic) bond motifs is 1. The third kappa shape index (κ3) is 2.25. The molecule has 2 aromatic heterocycles. The molecule has 0 amide bonds. The van der Waals surface area contributed by atoms with E-state index in [0.717, 1.165) is 0 Å². The molecule has 0 spiro atoms. The van der Waals surface area contributed by atoms with Crippen LogP contribution in [0.2, 0.25) is 5.02 Å². The van der Waals surface area contributed by atoms with Crippen LogP contribution in [0.15, 0.2) is 23.3 Å². The van der Waals surface area contributed by atoms with E-state index in [2.05, 4.69) is 4.98 Å². The Bertz CT molecular complexity index is 609. The number of rotatable bonds is 3. The summed E-state index contributed by atoms with van der Waals surface area (Å²) >= 11 is 5.78. The van der Waals surface area contributed by atoms with Crippen LogP contribution >= 0.6 is 11.6 Å².